The third-order valence-electron chi connectivity index (χ3n) is 2.71. The molecule has 1 aromatic rings. The van der Waals surface area contributed by atoms with E-state index >= 15 is 0 Å². The Hall–Kier alpha value is -0.860. The number of benzene rings is 1. The van der Waals surface area contributed by atoms with Gasteiger partial charge in [-0.15, -0.1) is 12.4 Å². The van der Waals surface area contributed by atoms with Crippen molar-refractivity contribution >= 4 is 18.2 Å². The van der Waals surface area contributed by atoms with Gasteiger partial charge in [-0.05, 0) is 12.5 Å². The molecule has 1 heterocycles. The number of hydrogen-bond donors (Lipinski definition) is 1. The topological polar surface area (TPSA) is 29.1 Å². The van der Waals surface area contributed by atoms with Gasteiger partial charge in [0.15, 0.2) is 0 Å². The van der Waals surface area contributed by atoms with Crippen LogP contribution in [0.5, 0.6) is 0 Å². The highest BCUT2D eigenvalue weighted by molar-refractivity contribution is 5.85. The van der Waals surface area contributed by atoms with Gasteiger partial charge >= 0.3 is 0 Å². The standard InChI is InChI=1S/C12H15NO.ClH/c1-9-2-4-10(5-3-9)12-8-11(14)6-7-13-12;/h2-5,12-13H,6-8H2,1H3;1H. The molecule has 0 bridgehead atoms. The van der Waals surface area contributed by atoms with Gasteiger partial charge in [-0.3, -0.25) is 4.79 Å². The second-order valence-corrected chi connectivity index (χ2v) is 3.91. The van der Waals surface area contributed by atoms with Gasteiger partial charge in [-0.25, -0.2) is 0 Å². The van der Waals surface area contributed by atoms with Gasteiger partial charge in [-0.1, -0.05) is 29.8 Å². The smallest absolute Gasteiger partial charge is 0.136 e. The molecule has 0 saturated carbocycles. The molecule has 3 heteroatoms. The summed E-state index contributed by atoms with van der Waals surface area (Å²) in [6, 6.07) is 8.63. The number of aryl methyl sites for hydroxylation is 1. The van der Waals surface area contributed by atoms with Crippen LogP contribution < -0.4 is 5.32 Å². The maximum Gasteiger partial charge on any atom is 0.136 e. The number of hydrogen-bond acceptors (Lipinski definition) is 2. The zero-order valence-electron chi connectivity index (χ0n) is 8.82. The van der Waals surface area contributed by atoms with Gasteiger partial charge < -0.3 is 5.32 Å². The van der Waals surface area contributed by atoms with Crippen molar-refractivity contribution in [2.75, 3.05) is 6.54 Å². The van der Waals surface area contributed by atoms with E-state index in [1.165, 1.54) is 11.1 Å². The lowest BCUT2D eigenvalue weighted by atomic mass is 9.96. The van der Waals surface area contributed by atoms with E-state index in [2.05, 4.69) is 36.5 Å². The highest BCUT2D eigenvalue weighted by Gasteiger charge is 2.19. The number of Topliss-reactive ketones (excluding diaryl/α,β-unsaturated/α-hetero) is 1. The minimum Gasteiger partial charge on any atom is -0.309 e. The Bertz CT molecular complexity index is 334. The van der Waals surface area contributed by atoms with E-state index < -0.39 is 0 Å². The molecule has 2 nitrogen and oxygen atoms in total. The molecule has 1 unspecified atom stereocenters. The first-order chi connectivity index (χ1) is 6.75. The van der Waals surface area contributed by atoms with Crippen molar-refractivity contribution in [2.24, 2.45) is 0 Å². The number of piperidine rings is 1. The van der Waals surface area contributed by atoms with Crippen LogP contribution in [0.2, 0.25) is 0 Å². The zero-order valence-corrected chi connectivity index (χ0v) is 9.64. The van der Waals surface area contributed by atoms with Crippen molar-refractivity contribution in [1.82, 2.24) is 5.32 Å². The molecular weight excluding hydrogens is 210 g/mol. The van der Waals surface area contributed by atoms with Crippen molar-refractivity contribution in [3.8, 4) is 0 Å². The van der Waals surface area contributed by atoms with Gasteiger partial charge in [0.2, 0.25) is 0 Å². The molecule has 0 aromatic heterocycles. The fourth-order valence-corrected chi connectivity index (χ4v) is 1.82. The molecule has 1 aliphatic heterocycles. The quantitative estimate of drug-likeness (QED) is 0.796. The van der Waals surface area contributed by atoms with Crippen molar-refractivity contribution in [3.05, 3.63) is 35.4 Å². The Labute approximate surface area is 96.5 Å². The Morgan fingerprint density at radius 2 is 1.93 bits per heavy atom. The van der Waals surface area contributed by atoms with Gasteiger partial charge in [0.1, 0.15) is 5.78 Å². The molecule has 0 spiro atoms. The second-order valence-electron chi connectivity index (χ2n) is 3.91. The van der Waals surface area contributed by atoms with Crippen LogP contribution in [0.25, 0.3) is 0 Å². The van der Waals surface area contributed by atoms with Crippen molar-refractivity contribution < 1.29 is 4.79 Å². The van der Waals surface area contributed by atoms with Gasteiger partial charge in [0.25, 0.3) is 0 Å². The normalized spacial score (nSPS) is 20.9. The molecule has 1 fully saturated rings. The third kappa shape index (κ3) is 3.05. The maximum absolute atomic E-state index is 11.3. The lowest BCUT2D eigenvalue weighted by molar-refractivity contribution is -0.120. The van der Waals surface area contributed by atoms with Crippen molar-refractivity contribution in [1.29, 1.82) is 0 Å². The Morgan fingerprint density at radius 1 is 1.27 bits per heavy atom. The van der Waals surface area contributed by atoms with Gasteiger partial charge in [0, 0.05) is 25.4 Å². The summed E-state index contributed by atoms with van der Waals surface area (Å²) in [6.45, 7) is 2.89. The molecule has 0 radical (unpaired) electrons. The van der Waals surface area contributed by atoms with E-state index in [-0.39, 0.29) is 18.4 Å². The molecule has 82 valence electrons. The highest BCUT2D eigenvalue weighted by atomic mass is 35.5. The fourth-order valence-electron chi connectivity index (χ4n) is 1.82. The molecule has 1 N–H and O–H groups in total. The van der Waals surface area contributed by atoms with Gasteiger partial charge in [0.05, 0.1) is 0 Å². The summed E-state index contributed by atoms with van der Waals surface area (Å²) in [5.74, 6) is 0.370. The molecule has 15 heavy (non-hydrogen) atoms. The van der Waals surface area contributed by atoms with Crippen LogP contribution in [0.1, 0.15) is 30.0 Å². The number of nitrogens with one attached hydrogen (secondary N) is 1. The molecule has 1 saturated heterocycles. The Morgan fingerprint density at radius 3 is 2.53 bits per heavy atom. The third-order valence-corrected chi connectivity index (χ3v) is 2.71. The van der Waals surface area contributed by atoms with Crippen molar-refractivity contribution in [3.63, 3.8) is 0 Å². The molecule has 2 rings (SSSR count). The van der Waals surface area contributed by atoms with Crippen LogP contribution in [0.15, 0.2) is 24.3 Å². The summed E-state index contributed by atoms with van der Waals surface area (Å²) >= 11 is 0. The van der Waals surface area contributed by atoms with E-state index in [4.69, 9.17) is 0 Å². The maximum atomic E-state index is 11.3. The van der Waals surface area contributed by atoms with E-state index in [0.29, 0.717) is 18.6 Å². The van der Waals surface area contributed by atoms with Crippen LogP contribution >= 0.6 is 12.4 Å². The summed E-state index contributed by atoms with van der Waals surface area (Å²) in [6.07, 6.45) is 1.32. The lowest BCUT2D eigenvalue weighted by Crippen LogP contribution is -2.31. The van der Waals surface area contributed by atoms with Crippen LogP contribution in [0.4, 0.5) is 0 Å². The van der Waals surface area contributed by atoms with Gasteiger partial charge in [-0.2, -0.15) is 0 Å². The number of ketones is 1. The van der Waals surface area contributed by atoms with E-state index in [1.54, 1.807) is 0 Å². The first-order valence-corrected chi connectivity index (χ1v) is 5.07. The molecule has 0 amide bonds. The second kappa shape index (κ2) is 5.29. The molecule has 1 aromatic carbocycles. The average molecular weight is 226 g/mol. The highest BCUT2D eigenvalue weighted by Crippen LogP contribution is 2.20. The number of halogens is 1. The summed E-state index contributed by atoms with van der Waals surface area (Å²) in [5, 5.41) is 3.36. The first-order valence-electron chi connectivity index (χ1n) is 5.07. The molecule has 1 atom stereocenters. The molecular formula is C12H16ClNO. The summed E-state index contributed by atoms with van der Waals surface area (Å²) < 4.78 is 0. The first kappa shape index (κ1) is 12.2. The van der Waals surface area contributed by atoms with Crippen molar-refractivity contribution in [2.45, 2.75) is 25.8 Å². The minimum atomic E-state index is 0. The Kier molecular flexibility index (Phi) is 4.30. The Balaban J connectivity index is 0.00000112. The summed E-state index contributed by atoms with van der Waals surface area (Å²) in [7, 11) is 0. The minimum absolute atomic E-state index is 0. The van der Waals surface area contributed by atoms with E-state index in [0.717, 1.165) is 6.54 Å². The lowest BCUT2D eigenvalue weighted by Gasteiger charge is -2.23. The largest absolute Gasteiger partial charge is 0.309 e. The van der Waals surface area contributed by atoms with Crippen LogP contribution in [0, 0.1) is 6.92 Å². The predicted octanol–water partition coefficient (Wildman–Crippen LogP) is 2.41. The number of rotatable bonds is 1. The number of carbonyl (C=O) groups is 1. The fraction of sp³-hybridized carbons (Fsp3) is 0.417. The predicted molar refractivity (Wildman–Crippen MR) is 63.4 cm³/mol. The summed E-state index contributed by atoms with van der Waals surface area (Å²) in [5.41, 5.74) is 2.49. The zero-order chi connectivity index (χ0) is 9.97. The van der Waals surface area contributed by atoms with E-state index in [9.17, 15) is 4.79 Å². The monoisotopic (exact) mass is 225 g/mol. The van der Waals surface area contributed by atoms with Crippen LogP contribution in [-0.2, 0) is 4.79 Å². The molecule has 0 aliphatic carbocycles. The average Bonchev–Trinajstić information content (AvgIpc) is 2.19. The van der Waals surface area contributed by atoms with Crippen LogP contribution in [-0.4, -0.2) is 12.3 Å². The van der Waals surface area contributed by atoms with Crippen LogP contribution in [0.3, 0.4) is 0 Å². The molecule has 1 aliphatic rings. The van der Waals surface area contributed by atoms with E-state index in [1.807, 2.05) is 0 Å². The number of carbonyl (C=O) groups excluding carboxylic acids is 1. The summed E-state index contributed by atoms with van der Waals surface area (Å²) in [4.78, 5) is 11.3. The SMILES string of the molecule is Cc1ccc(C2CC(=O)CCN2)cc1.Cl.